The molecule has 0 radical (unpaired) electrons. The van der Waals surface area contributed by atoms with Crippen LogP contribution in [-0.4, -0.2) is 36.6 Å². The van der Waals surface area contributed by atoms with Crippen molar-refractivity contribution in [3.8, 4) is 0 Å². The summed E-state index contributed by atoms with van der Waals surface area (Å²) in [5.74, 6) is 0. The normalized spacial score (nSPS) is 51.6. The molecule has 0 saturated carbocycles. The molecule has 0 aromatic carbocycles. The topological polar surface area (TPSA) is 37.6 Å². The molecule has 6 atom stereocenters. The van der Waals surface area contributed by atoms with Gasteiger partial charge in [0.2, 0.25) is 0 Å². The minimum atomic E-state index is 0.503. The van der Waals surface area contributed by atoms with E-state index in [4.69, 9.17) is 14.2 Å². The van der Waals surface area contributed by atoms with Gasteiger partial charge in [0.25, 0.3) is 0 Å². The van der Waals surface area contributed by atoms with E-state index >= 15 is 0 Å². The van der Waals surface area contributed by atoms with Gasteiger partial charge in [0, 0.05) is 0 Å². The number of rotatable bonds is 6. The molecule has 0 spiro atoms. The maximum atomic E-state index is 5.63. The van der Waals surface area contributed by atoms with Gasteiger partial charge in [-0.2, -0.15) is 0 Å². The zero-order valence-corrected chi connectivity index (χ0v) is 9.52. The summed E-state index contributed by atoms with van der Waals surface area (Å²) >= 11 is 0. The quantitative estimate of drug-likeness (QED) is 0.631. The summed E-state index contributed by atoms with van der Waals surface area (Å²) in [4.78, 5) is 0. The molecule has 0 amide bonds. The SMILES string of the molecule is C[C@@H]1O[C@@H]1CC[C@@H]1O[C@@H]1CC[C@@H]1O[C@@H]1C. The lowest BCUT2D eigenvalue weighted by Gasteiger charge is -1.93. The standard InChI is InChI=1S/C12H20O3/c1-7-9(13-7)3-5-11-12(15-11)6-4-10-8(2)14-10/h7-12H,3-6H2,1-2H3/t7-,8+,9+,10-,11-,12+. The second kappa shape index (κ2) is 3.72. The molecule has 0 aromatic heterocycles. The van der Waals surface area contributed by atoms with Gasteiger partial charge in [-0.15, -0.1) is 0 Å². The second-order valence-electron chi connectivity index (χ2n) is 5.13. The minimum Gasteiger partial charge on any atom is -0.370 e. The van der Waals surface area contributed by atoms with Gasteiger partial charge in [-0.1, -0.05) is 0 Å². The largest absolute Gasteiger partial charge is 0.370 e. The number of epoxide rings is 3. The first-order chi connectivity index (χ1) is 7.24. The van der Waals surface area contributed by atoms with E-state index in [0.29, 0.717) is 36.6 Å². The first kappa shape index (κ1) is 10.1. The molecule has 3 heterocycles. The maximum absolute atomic E-state index is 5.63. The van der Waals surface area contributed by atoms with Crippen LogP contribution in [0.3, 0.4) is 0 Å². The highest BCUT2D eigenvalue weighted by Gasteiger charge is 2.43. The summed E-state index contributed by atoms with van der Waals surface area (Å²) in [6.45, 7) is 4.28. The Labute approximate surface area is 91.1 Å². The molecule has 0 aromatic rings. The average molecular weight is 212 g/mol. The molecular formula is C12H20O3. The highest BCUT2D eigenvalue weighted by Crippen LogP contribution is 2.36. The fourth-order valence-corrected chi connectivity index (χ4v) is 2.41. The first-order valence-corrected chi connectivity index (χ1v) is 6.20. The van der Waals surface area contributed by atoms with Crippen molar-refractivity contribution in [3.63, 3.8) is 0 Å². The predicted octanol–water partition coefficient (Wildman–Crippen LogP) is 1.89. The van der Waals surface area contributed by atoms with Crippen molar-refractivity contribution in [2.45, 2.75) is 76.2 Å². The molecule has 3 fully saturated rings. The van der Waals surface area contributed by atoms with Crippen molar-refractivity contribution in [2.75, 3.05) is 0 Å². The van der Waals surface area contributed by atoms with Gasteiger partial charge in [-0.3, -0.25) is 0 Å². The summed E-state index contributed by atoms with van der Waals surface area (Å²) in [5.41, 5.74) is 0. The van der Waals surface area contributed by atoms with E-state index in [2.05, 4.69) is 13.8 Å². The zero-order valence-electron chi connectivity index (χ0n) is 9.52. The molecule has 3 heteroatoms. The molecule has 0 bridgehead atoms. The molecule has 3 nitrogen and oxygen atoms in total. The Morgan fingerprint density at radius 3 is 1.27 bits per heavy atom. The molecule has 3 rings (SSSR count). The summed E-state index contributed by atoms with van der Waals surface area (Å²) in [6, 6.07) is 0. The van der Waals surface area contributed by atoms with Gasteiger partial charge < -0.3 is 14.2 Å². The predicted molar refractivity (Wildman–Crippen MR) is 55.8 cm³/mol. The smallest absolute Gasteiger partial charge is 0.0842 e. The third-order valence-electron chi connectivity index (χ3n) is 3.83. The third-order valence-corrected chi connectivity index (χ3v) is 3.83. The van der Waals surface area contributed by atoms with Crippen molar-refractivity contribution in [1.82, 2.24) is 0 Å². The Morgan fingerprint density at radius 1 is 0.600 bits per heavy atom. The van der Waals surface area contributed by atoms with Crippen LogP contribution in [0, 0.1) is 0 Å². The molecule has 0 N–H and O–H groups in total. The number of hydrogen-bond donors (Lipinski definition) is 0. The van der Waals surface area contributed by atoms with E-state index in [-0.39, 0.29) is 0 Å². The van der Waals surface area contributed by atoms with E-state index in [1.807, 2.05) is 0 Å². The molecule has 3 saturated heterocycles. The lowest BCUT2D eigenvalue weighted by molar-refractivity contribution is 0.324. The average Bonchev–Trinajstić information content (AvgIpc) is 3.03. The Balaban J connectivity index is 1.24. The molecule has 0 aliphatic carbocycles. The van der Waals surface area contributed by atoms with E-state index in [0.717, 1.165) is 0 Å². The lowest BCUT2D eigenvalue weighted by atomic mass is 10.1. The summed E-state index contributed by atoms with van der Waals surface area (Å²) in [7, 11) is 0. The number of hydrogen-bond acceptors (Lipinski definition) is 3. The highest BCUT2D eigenvalue weighted by molar-refractivity contribution is 4.91. The molecule has 86 valence electrons. The summed E-state index contributed by atoms with van der Waals surface area (Å²) < 4.78 is 16.4. The van der Waals surface area contributed by atoms with E-state index in [9.17, 15) is 0 Å². The molecular weight excluding hydrogens is 192 g/mol. The summed E-state index contributed by atoms with van der Waals surface area (Å²) in [6.07, 6.45) is 7.83. The van der Waals surface area contributed by atoms with Gasteiger partial charge in [0.1, 0.15) is 0 Å². The van der Waals surface area contributed by atoms with Gasteiger partial charge in [-0.25, -0.2) is 0 Å². The maximum Gasteiger partial charge on any atom is 0.0842 e. The first-order valence-electron chi connectivity index (χ1n) is 6.20. The lowest BCUT2D eigenvalue weighted by Crippen LogP contribution is -2.00. The van der Waals surface area contributed by atoms with E-state index < -0.39 is 0 Å². The monoisotopic (exact) mass is 212 g/mol. The highest BCUT2D eigenvalue weighted by atomic mass is 16.6. The van der Waals surface area contributed by atoms with Crippen LogP contribution >= 0.6 is 0 Å². The zero-order chi connectivity index (χ0) is 10.4. The fourth-order valence-electron chi connectivity index (χ4n) is 2.41. The van der Waals surface area contributed by atoms with Crippen molar-refractivity contribution in [2.24, 2.45) is 0 Å². The second-order valence-corrected chi connectivity index (χ2v) is 5.13. The Morgan fingerprint density at radius 2 is 0.933 bits per heavy atom. The van der Waals surface area contributed by atoms with Crippen LogP contribution in [-0.2, 0) is 14.2 Å². The van der Waals surface area contributed by atoms with Crippen molar-refractivity contribution in [3.05, 3.63) is 0 Å². The van der Waals surface area contributed by atoms with Crippen molar-refractivity contribution in [1.29, 1.82) is 0 Å². The van der Waals surface area contributed by atoms with Crippen LogP contribution in [0.15, 0.2) is 0 Å². The van der Waals surface area contributed by atoms with Crippen molar-refractivity contribution < 1.29 is 14.2 Å². The molecule has 15 heavy (non-hydrogen) atoms. The van der Waals surface area contributed by atoms with Crippen LogP contribution in [0.1, 0.15) is 39.5 Å². The molecule has 3 aliphatic rings. The number of ether oxygens (including phenoxy) is 3. The van der Waals surface area contributed by atoms with Gasteiger partial charge in [-0.05, 0) is 39.5 Å². The van der Waals surface area contributed by atoms with Crippen LogP contribution in [0.4, 0.5) is 0 Å². The van der Waals surface area contributed by atoms with Crippen LogP contribution in [0.5, 0.6) is 0 Å². The Hall–Kier alpha value is -0.120. The van der Waals surface area contributed by atoms with Crippen LogP contribution in [0.2, 0.25) is 0 Å². The Bertz CT molecular complexity index is 219. The summed E-state index contributed by atoms with van der Waals surface area (Å²) in [5, 5.41) is 0. The molecule has 0 unspecified atom stereocenters. The fraction of sp³-hybridized carbons (Fsp3) is 1.00. The van der Waals surface area contributed by atoms with Crippen LogP contribution < -0.4 is 0 Å². The van der Waals surface area contributed by atoms with Gasteiger partial charge in [0.05, 0.1) is 36.6 Å². The van der Waals surface area contributed by atoms with Gasteiger partial charge >= 0.3 is 0 Å². The van der Waals surface area contributed by atoms with Crippen LogP contribution in [0.25, 0.3) is 0 Å². The van der Waals surface area contributed by atoms with Gasteiger partial charge in [0.15, 0.2) is 0 Å². The minimum absolute atomic E-state index is 0.503. The molecule has 3 aliphatic heterocycles. The van der Waals surface area contributed by atoms with E-state index in [1.165, 1.54) is 25.7 Å². The Kier molecular flexibility index (Phi) is 2.49. The third kappa shape index (κ3) is 2.52. The van der Waals surface area contributed by atoms with Crippen molar-refractivity contribution >= 4 is 0 Å². The van der Waals surface area contributed by atoms with E-state index in [1.54, 1.807) is 0 Å².